The predicted molar refractivity (Wildman–Crippen MR) is 126 cm³/mol. The number of nitrogens with two attached hydrogens (primary N) is 1. The van der Waals surface area contributed by atoms with Crippen molar-refractivity contribution in [2.75, 3.05) is 31.3 Å². The van der Waals surface area contributed by atoms with Crippen molar-refractivity contribution in [2.24, 2.45) is 0 Å². The maximum atomic E-state index is 12.2. The Morgan fingerprint density at radius 1 is 1.24 bits per heavy atom. The molecular weight excluding hydrogens is 424 g/mol. The van der Waals surface area contributed by atoms with Crippen LogP contribution < -0.4 is 26.3 Å². The van der Waals surface area contributed by atoms with Crippen molar-refractivity contribution >= 4 is 23.5 Å². The number of fused-ring (bicyclic) bond motifs is 3. The predicted octanol–water partition coefficient (Wildman–Crippen LogP) is 2.56. The molecule has 10 nitrogen and oxygen atoms in total. The molecule has 2 aromatic rings. The van der Waals surface area contributed by atoms with Gasteiger partial charge in [0, 0.05) is 25.2 Å². The molecule has 1 aliphatic rings. The highest BCUT2D eigenvalue weighted by Crippen LogP contribution is 2.49. The van der Waals surface area contributed by atoms with Crippen LogP contribution >= 0.6 is 0 Å². The third kappa shape index (κ3) is 5.10. The quantitative estimate of drug-likeness (QED) is 0.585. The Bertz CT molecular complexity index is 1080. The fourth-order valence-electron chi connectivity index (χ4n) is 4.09. The van der Waals surface area contributed by atoms with Crippen molar-refractivity contribution in [1.82, 2.24) is 20.8 Å². The number of hydrogen-bond acceptors (Lipinski definition) is 8. The molecule has 4 N–H and O–H groups in total. The topological polar surface area (TPSA) is 132 Å². The van der Waals surface area contributed by atoms with E-state index < -0.39 is 11.7 Å². The minimum Gasteiger partial charge on any atom is -0.442 e. The van der Waals surface area contributed by atoms with Gasteiger partial charge in [0.25, 0.3) is 0 Å². The molecule has 0 aliphatic heterocycles. The number of amides is 2. The number of nitrogens with one attached hydrogen (secondary N) is 2. The van der Waals surface area contributed by atoms with Crippen LogP contribution in [0.3, 0.4) is 0 Å². The Balaban J connectivity index is 2.09. The van der Waals surface area contributed by atoms with Gasteiger partial charge in [0.1, 0.15) is 17.7 Å². The fourth-order valence-corrected chi connectivity index (χ4v) is 4.09. The highest BCUT2D eigenvalue weighted by atomic mass is 16.7. The molecular formula is C23H32N6O4. The van der Waals surface area contributed by atoms with E-state index in [1.54, 1.807) is 45.8 Å². The summed E-state index contributed by atoms with van der Waals surface area (Å²) in [5, 5.41) is 2.63. The molecule has 0 fully saturated rings. The third-order valence-electron chi connectivity index (χ3n) is 5.36. The largest absolute Gasteiger partial charge is 0.442 e. The summed E-state index contributed by atoms with van der Waals surface area (Å²) in [4.78, 5) is 40.5. The number of nitrogens with zero attached hydrogens (tertiary/aromatic N) is 3. The molecule has 0 unspecified atom stereocenters. The van der Waals surface area contributed by atoms with Crippen LogP contribution in [0.2, 0.25) is 0 Å². The number of rotatable bonds is 5. The van der Waals surface area contributed by atoms with E-state index in [0.29, 0.717) is 23.7 Å². The van der Waals surface area contributed by atoms with E-state index in [0.717, 1.165) is 22.4 Å². The minimum atomic E-state index is -0.716. The smallest absolute Gasteiger partial charge is 0.441 e. The summed E-state index contributed by atoms with van der Waals surface area (Å²) in [7, 11) is 3.37. The summed E-state index contributed by atoms with van der Waals surface area (Å²) < 4.78 is 5.26. The molecule has 1 aromatic carbocycles. The summed E-state index contributed by atoms with van der Waals surface area (Å²) in [6.07, 6.45) is 1.33. The molecule has 10 heteroatoms. The first-order valence-electron chi connectivity index (χ1n) is 10.7. The third-order valence-corrected chi connectivity index (χ3v) is 5.36. The summed E-state index contributed by atoms with van der Waals surface area (Å²) in [5.74, 6) is 0.665. The molecule has 2 amide bonds. The lowest BCUT2D eigenvalue weighted by atomic mass is 9.71. The molecule has 3 rings (SSSR count). The second-order valence-corrected chi connectivity index (χ2v) is 9.72. The Kier molecular flexibility index (Phi) is 6.40. The van der Waals surface area contributed by atoms with E-state index in [-0.39, 0.29) is 17.9 Å². The molecule has 0 atom stereocenters. The Morgan fingerprint density at radius 2 is 1.94 bits per heavy atom. The molecule has 0 bridgehead atoms. The van der Waals surface area contributed by atoms with E-state index >= 15 is 0 Å². The number of ether oxygens (including phenoxy) is 1. The molecule has 0 radical (unpaired) electrons. The number of likely N-dealkylation sites (N-methyl/N-ethyl adjacent to an activating group) is 2. The van der Waals surface area contributed by atoms with Gasteiger partial charge in [-0.2, -0.15) is 5.48 Å². The monoisotopic (exact) mass is 456 g/mol. The summed E-state index contributed by atoms with van der Waals surface area (Å²) in [6, 6.07) is 3.60. The van der Waals surface area contributed by atoms with E-state index in [1.807, 2.05) is 6.07 Å². The van der Waals surface area contributed by atoms with Crippen LogP contribution in [-0.2, 0) is 21.4 Å². The molecule has 0 saturated heterocycles. The fraction of sp³-hybridized carbons (Fsp3) is 0.478. The van der Waals surface area contributed by atoms with E-state index in [4.69, 9.17) is 15.3 Å². The number of carbonyl (C=O) groups is 2. The zero-order valence-corrected chi connectivity index (χ0v) is 20.2. The van der Waals surface area contributed by atoms with Crippen molar-refractivity contribution in [3.8, 4) is 17.0 Å². The normalized spacial score (nSPS) is 13.9. The van der Waals surface area contributed by atoms with Gasteiger partial charge in [-0.1, -0.05) is 13.8 Å². The standard InChI is InChI=1S/C23H32N6O4/c1-22(2,3)32-21(31)28-33-15-9-8-13-14(19(15)29(7)11-16(30)25-6)10-23(4,5)17-18(13)26-12-27-20(17)24/h8-9,12H,10-11H2,1-7H3,(H,25,30)(H,28,31)(H2,24,26,27). The number of hydroxylamine groups is 1. The van der Waals surface area contributed by atoms with Crippen LogP contribution in [0.25, 0.3) is 11.3 Å². The lowest BCUT2D eigenvalue weighted by molar-refractivity contribution is -0.119. The molecule has 178 valence electrons. The second kappa shape index (κ2) is 8.76. The van der Waals surface area contributed by atoms with E-state index in [1.165, 1.54) is 6.33 Å². The average molecular weight is 457 g/mol. The summed E-state index contributed by atoms with van der Waals surface area (Å²) in [6.45, 7) is 9.53. The van der Waals surface area contributed by atoms with Crippen molar-refractivity contribution in [3.05, 3.63) is 29.6 Å². The number of carbonyl (C=O) groups excluding carboxylic acids is 2. The first-order chi connectivity index (χ1) is 15.3. The zero-order chi connectivity index (χ0) is 24.6. The van der Waals surface area contributed by atoms with Gasteiger partial charge in [-0.3, -0.25) is 4.79 Å². The van der Waals surface area contributed by atoms with Crippen molar-refractivity contribution in [2.45, 2.75) is 52.1 Å². The van der Waals surface area contributed by atoms with Crippen LogP contribution in [0.5, 0.6) is 5.75 Å². The van der Waals surface area contributed by atoms with Crippen LogP contribution in [-0.4, -0.2) is 48.2 Å². The van der Waals surface area contributed by atoms with Crippen molar-refractivity contribution in [1.29, 1.82) is 0 Å². The molecule has 1 aromatic heterocycles. The SMILES string of the molecule is CNC(=O)CN(C)c1c(ONC(=O)OC(C)(C)C)ccc2c1CC(C)(C)c1c(N)ncnc1-2. The maximum Gasteiger partial charge on any atom is 0.441 e. The first kappa shape index (κ1) is 24.1. The molecule has 33 heavy (non-hydrogen) atoms. The average Bonchev–Trinajstić information content (AvgIpc) is 2.69. The zero-order valence-electron chi connectivity index (χ0n) is 20.2. The maximum absolute atomic E-state index is 12.2. The van der Waals surface area contributed by atoms with E-state index in [9.17, 15) is 9.59 Å². The van der Waals surface area contributed by atoms with Gasteiger partial charge in [-0.15, -0.1) is 0 Å². The number of hydrogen-bond donors (Lipinski definition) is 3. The number of anilines is 2. The molecule has 0 saturated carbocycles. The number of benzene rings is 1. The number of nitrogen functional groups attached to an aromatic ring is 1. The summed E-state index contributed by atoms with van der Waals surface area (Å²) >= 11 is 0. The molecule has 0 spiro atoms. The van der Waals surface area contributed by atoms with Gasteiger partial charge < -0.3 is 25.5 Å². The lowest BCUT2D eigenvalue weighted by Crippen LogP contribution is -2.37. The summed E-state index contributed by atoms with van der Waals surface area (Å²) in [5.41, 5.74) is 11.6. The van der Waals surface area contributed by atoms with Crippen LogP contribution in [0.15, 0.2) is 18.5 Å². The van der Waals surface area contributed by atoms with Gasteiger partial charge in [0.15, 0.2) is 5.75 Å². The second-order valence-electron chi connectivity index (χ2n) is 9.72. The van der Waals surface area contributed by atoms with Gasteiger partial charge in [-0.25, -0.2) is 14.8 Å². The number of aromatic nitrogens is 2. The van der Waals surface area contributed by atoms with E-state index in [2.05, 4.69) is 34.6 Å². The minimum absolute atomic E-state index is 0.0922. The van der Waals surface area contributed by atoms with Gasteiger partial charge in [0.2, 0.25) is 5.91 Å². The molecule has 1 heterocycles. The Labute approximate surface area is 193 Å². The lowest BCUT2D eigenvalue weighted by Gasteiger charge is -2.36. The Morgan fingerprint density at radius 3 is 2.58 bits per heavy atom. The highest BCUT2D eigenvalue weighted by molar-refractivity contribution is 5.86. The van der Waals surface area contributed by atoms with Gasteiger partial charge in [-0.05, 0) is 50.3 Å². The van der Waals surface area contributed by atoms with Crippen molar-refractivity contribution in [3.63, 3.8) is 0 Å². The van der Waals surface area contributed by atoms with Crippen LogP contribution in [0.4, 0.5) is 16.3 Å². The van der Waals surface area contributed by atoms with Crippen LogP contribution in [0.1, 0.15) is 45.7 Å². The highest BCUT2D eigenvalue weighted by Gasteiger charge is 2.37. The molecule has 1 aliphatic carbocycles. The van der Waals surface area contributed by atoms with Gasteiger partial charge >= 0.3 is 6.09 Å². The van der Waals surface area contributed by atoms with Crippen molar-refractivity contribution < 1.29 is 19.2 Å². The Hall–Kier alpha value is -3.56. The van der Waals surface area contributed by atoms with Gasteiger partial charge in [0.05, 0.1) is 17.9 Å². The first-order valence-corrected chi connectivity index (χ1v) is 10.7. The van der Waals surface area contributed by atoms with Crippen LogP contribution in [0, 0.1) is 0 Å².